The molecule has 0 spiro atoms. The van der Waals surface area contributed by atoms with Crippen LogP contribution in [0.25, 0.3) is 0 Å². The molecule has 0 unspecified atom stereocenters. The lowest BCUT2D eigenvalue weighted by molar-refractivity contribution is -0.386. The molecule has 0 N–H and O–H groups in total. The van der Waals surface area contributed by atoms with Gasteiger partial charge in [-0.2, -0.15) is 0 Å². The summed E-state index contributed by atoms with van der Waals surface area (Å²) < 4.78 is 10.5. The van der Waals surface area contributed by atoms with Crippen LogP contribution in [0.5, 0.6) is 11.5 Å². The largest absolute Gasteiger partial charge is 0.482 e. The first-order valence-electron chi connectivity index (χ1n) is 8.41. The van der Waals surface area contributed by atoms with Crippen LogP contribution < -0.4 is 9.47 Å². The average Bonchev–Trinajstić information content (AvgIpc) is 2.64. The van der Waals surface area contributed by atoms with Crippen molar-refractivity contribution in [2.75, 3.05) is 6.61 Å². The Morgan fingerprint density at radius 1 is 0.931 bits per heavy atom. The maximum absolute atomic E-state index is 12.2. The number of carbonyl (C=O) groups excluding carboxylic acids is 2. The molecule has 0 radical (unpaired) electrons. The van der Waals surface area contributed by atoms with Gasteiger partial charge in [-0.25, -0.2) is 4.79 Å². The maximum Gasteiger partial charge on any atom is 0.349 e. The van der Waals surface area contributed by atoms with Crippen molar-refractivity contribution >= 4 is 23.1 Å². The molecular weight excluding hydrogens is 384 g/mol. The van der Waals surface area contributed by atoms with E-state index in [1.165, 1.54) is 52.0 Å². The van der Waals surface area contributed by atoms with Gasteiger partial charge in [0.25, 0.3) is 11.4 Å². The zero-order valence-electron chi connectivity index (χ0n) is 16.2. The molecule has 0 aromatic heterocycles. The molecule has 29 heavy (non-hydrogen) atoms. The molecule has 0 fully saturated rings. The summed E-state index contributed by atoms with van der Waals surface area (Å²) in [4.78, 5) is 45.2. The van der Waals surface area contributed by atoms with E-state index in [1.54, 1.807) is 0 Å². The molecule has 0 atom stereocenters. The highest BCUT2D eigenvalue weighted by Gasteiger charge is 2.28. The molecule has 10 heteroatoms. The number of carbonyl (C=O) groups is 2. The molecule has 10 nitrogen and oxygen atoms in total. The second-order valence-corrected chi connectivity index (χ2v) is 6.25. The van der Waals surface area contributed by atoms with Gasteiger partial charge in [0.1, 0.15) is 11.5 Å². The highest BCUT2D eigenvalue weighted by atomic mass is 16.6. The minimum atomic E-state index is -0.832. The standard InChI is InChI=1S/C19H18N2O8/c1-10-11(2)19(17(13(4)22)12(3)18(10)21(26)27)29-16(23)9-28-15-7-5-14(6-8-15)20(24)25/h5-8H,9H2,1-4H3. The highest BCUT2D eigenvalue weighted by molar-refractivity contribution is 6.01. The summed E-state index contributed by atoms with van der Waals surface area (Å²) in [7, 11) is 0. The fourth-order valence-electron chi connectivity index (χ4n) is 2.88. The van der Waals surface area contributed by atoms with Gasteiger partial charge in [0.2, 0.25) is 0 Å². The van der Waals surface area contributed by atoms with Crippen LogP contribution in [-0.4, -0.2) is 28.2 Å². The van der Waals surface area contributed by atoms with Gasteiger partial charge in [-0.05, 0) is 39.8 Å². The molecule has 152 valence electrons. The van der Waals surface area contributed by atoms with Gasteiger partial charge in [0.15, 0.2) is 12.4 Å². The monoisotopic (exact) mass is 402 g/mol. The number of hydrogen-bond donors (Lipinski definition) is 0. The molecule has 2 aromatic rings. The molecule has 0 saturated carbocycles. The number of rotatable bonds is 7. The van der Waals surface area contributed by atoms with E-state index >= 15 is 0 Å². The van der Waals surface area contributed by atoms with Crippen molar-refractivity contribution in [3.05, 3.63) is 66.7 Å². The van der Waals surface area contributed by atoms with Gasteiger partial charge >= 0.3 is 5.97 Å². The zero-order chi connectivity index (χ0) is 21.9. The Bertz CT molecular complexity index is 1010. The maximum atomic E-state index is 12.2. The van der Waals surface area contributed by atoms with Crippen LogP contribution >= 0.6 is 0 Å². The number of ether oxygens (including phenoxy) is 2. The number of benzene rings is 2. The minimum Gasteiger partial charge on any atom is -0.482 e. The van der Waals surface area contributed by atoms with Crippen molar-refractivity contribution in [2.45, 2.75) is 27.7 Å². The van der Waals surface area contributed by atoms with Gasteiger partial charge in [0, 0.05) is 28.8 Å². The predicted molar refractivity (Wildman–Crippen MR) is 102 cm³/mol. The van der Waals surface area contributed by atoms with Crippen molar-refractivity contribution in [2.24, 2.45) is 0 Å². The second kappa shape index (κ2) is 8.46. The Morgan fingerprint density at radius 2 is 1.52 bits per heavy atom. The van der Waals surface area contributed by atoms with Gasteiger partial charge in [-0.3, -0.25) is 25.0 Å². The first kappa shape index (κ1) is 21.5. The van der Waals surface area contributed by atoms with Crippen LogP contribution in [0.4, 0.5) is 11.4 Å². The highest BCUT2D eigenvalue weighted by Crippen LogP contribution is 2.37. The molecule has 0 aliphatic heterocycles. The summed E-state index contributed by atoms with van der Waals surface area (Å²) in [5, 5.41) is 22.0. The Balaban J connectivity index is 2.26. The summed E-state index contributed by atoms with van der Waals surface area (Å²) in [6.45, 7) is 5.16. The normalized spacial score (nSPS) is 10.3. The molecular formula is C19H18N2O8. The van der Waals surface area contributed by atoms with E-state index in [4.69, 9.17) is 9.47 Å². The number of hydrogen-bond acceptors (Lipinski definition) is 8. The molecule has 0 saturated heterocycles. The first-order valence-corrected chi connectivity index (χ1v) is 8.41. The number of Topliss-reactive ketones (excluding diaryl/α,β-unsaturated/α-hetero) is 1. The molecule has 0 aliphatic carbocycles. The van der Waals surface area contributed by atoms with Gasteiger partial charge < -0.3 is 9.47 Å². The number of ketones is 1. The topological polar surface area (TPSA) is 139 Å². The Labute approximate surface area is 165 Å². The lowest BCUT2D eigenvalue weighted by Crippen LogP contribution is -2.20. The Hall–Kier alpha value is -3.82. The summed E-state index contributed by atoms with van der Waals surface area (Å²) in [6, 6.07) is 5.11. The summed E-state index contributed by atoms with van der Waals surface area (Å²) in [6.07, 6.45) is 0. The summed E-state index contributed by atoms with van der Waals surface area (Å²) in [5.74, 6) is -1.14. The van der Waals surface area contributed by atoms with E-state index in [1.807, 2.05) is 0 Å². The smallest absolute Gasteiger partial charge is 0.349 e. The first-order chi connectivity index (χ1) is 13.5. The van der Waals surface area contributed by atoms with Crippen LogP contribution in [0.1, 0.15) is 34.0 Å². The summed E-state index contributed by atoms with van der Waals surface area (Å²) >= 11 is 0. The fourth-order valence-corrected chi connectivity index (χ4v) is 2.88. The number of nitro benzene ring substituents is 2. The lowest BCUT2D eigenvalue weighted by atomic mass is 9.94. The average molecular weight is 402 g/mol. The molecule has 0 amide bonds. The molecule has 0 heterocycles. The molecule has 0 bridgehead atoms. The molecule has 2 rings (SSSR count). The fraction of sp³-hybridized carbons (Fsp3) is 0.263. The van der Waals surface area contributed by atoms with Gasteiger partial charge in [-0.1, -0.05) is 0 Å². The molecule has 0 aliphatic rings. The van der Waals surface area contributed by atoms with E-state index in [-0.39, 0.29) is 39.6 Å². The third-order valence-corrected chi connectivity index (χ3v) is 4.37. The lowest BCUT2D eigenvalue weighted by Gasteiger charge is -2.16. The van der Waals surface area contributed by atoms with Crippen LogP contribution in [0.2, 0.25) is 0 Å². The van der Waals surface area contributed by atoms with Crippen molar-refractivity contribution in [3.8, 4) is 11.5 Å². The predicted octanol–water partition coefficient (Wildman–Crippen LogP) is 3.62. The number of non-ortho nitro benzene ring substituents is 1. The second-order valence-electron chi connectivity index (χ2n) is 6.25. The third-order valence-electron chi connectivity index (χ3n) is 4.37. The van der Waals surface area contributed by atoms with E-state index in [0.717, 1.165) is 0 Å². The van der Waals surface area contributed by atoms with E-state index in [0.29, 0.717) is 5.56 Å². The van der Waals surface area contributed by atoms with Gasteiger partial charge in [-0.15, -0.1) is 0 Å². The van der Waals surface area contributed by atoms with Crippen LogP contribution in [0.15, 0.2) is 24.3 Å². The van der Waals surface area contributed by atoms with Crippen molar-refractivity contribution in [1.82, 2.24) is 0 Å². The van der Waals surface area contributed by atoms with Crippen molar-refractivity contribution < 1.29 is 28.9 Å². The van der Waals surface area contributed by atoms with E-state index < -0.39 is 28.2 Å². The molecule has 2 aromatic carbocycles. The van der Waals surface area contributed by atoms with Gasteiger partial charge in [0.05, 0.1) is 15.4 Å². The van der Waals surface area contributed by atoms with E-state index in [9.17, 15) is 29.8 Å². The van der Waals surface area contributed by atoms with E-state index in [2.05, 4.69) is 0 Å². The van der Waals surface area contributed by atoms with Crippen LogP contribution in [-0.2, 0) is 4.79 Å². The summed E-state index contributed by atoms with van der Waals surface area (Å²) in [5.41, 5.74) is 0.342. The quantitative estimate of drug-likeness (QED) is 0.225. The van der Waals surface area contributed by atoms with Crippen molar-refractivity contribution in [1.29, 1.82) is 0 Å². The SMILES string of the molecule is CC(=O)c1c(C)c([N+](=O)[O-])c(C)c(C)c1OC(=O)COc1ccc([N+](=O)[O-])cc1. The number of nitrogens with zero attached hydrogens (tertiary/aromatic N) is 2. The van der Waals surface area contributed by atoms with Crippen LogP contribution in [0.3, 0.4) is 0 Å². The number of nitro groups is 2. The number of esters is 1. The van der Waals surface area contributed by atoms with Crippen molar-refractivity contribution in [3.63, 3.8) is 0 Å². The Kier molecular flexibility index (Phi) is 6.27. The zero-order valence-corrected chi connectivity index (χ0v) is 16.2. The minimum absolute atomic E-state index is 0.0384. The van der Waals surface area contributed by atoms with Crippen LogP contribution in [0, 0.1) is 41.0 Å². The third kappa shape index (κ3) is 4.54. The Morgan fingerprint density at radius 3 is 2.00 bits per heavy atom.